The van der Waals surface area contributed by atoms with E-state index in [2.05, 4.69) is 10.0 Å². The van der Waals surface area contributed by atoms with E-state index in [1.54, 1.807) is 6.92 Å². The van der Waals surface area contributed by atoms with E-state index in [9.17, 15) is 22.4 Å². The molecule has 0 spiro atoms. The molecule has 2 aromatic rings. The summed E-state index contributed by atoms with van der Waals surface area (Å²) in [5.74, 6) is -3.01. The van der Waals surface area contributed by atoms with Crippen LogP contribution in [-0.4, -0.2) is 62.2 Å². The first-order valence-electron chi connectivity index (χ1n) is 10.5. The van der Waals surface area contributed by atoms with Gasteiger partial charge in [-0.1, -0.05) is 0 Å². The molecule has 2 heterocycles. The molecule has 1 aromatic carbocycles. The monoisotopic (exact) mass is 499 g/mol. The van der Waals surface area contributed by atoms with Crippen LogP contribution in [0.2, 0.25) is 0 Å². The van der Waals surface area contributed by atoms with Gasteiger partial charge in [-0.15, -0.1) is 0 Å². The molecule has 2 atom stereocenters. The Morgan fingerprint density at radius 3 is 2.59 bits per heavy atom. The number of carbonyl (C=O) groups is 2. The molecule has 13 heteroatoms. The van der Waals surface area contributed by atoms with Crippen LogP contribution in [0.5, 0.6) is 0 Å². The smallest absolute Gasteiger partial charge is 0.409 e. The lowest BCUT2D eigenvalue weighted by Crippen LogP contribution is -2.43. The maximum absolute atomic E-state index is 15.2. The lowest BCUT2D eigenvalue weighted by atomic mass is 10.1. The average Bonchev–Trinajstić information content (AvgIpc) is 3.30. The third-order valence-electron chi connectivity index (χ3n) is 5.58. The van der Waals surface area contributed by atoms with Gasteiger partial charge >= 0.3 is 6.09 Å². The van der Waals surface area contributed by atoms with Crippen molar-refractivity contribution in [2.75, 3.05) is 31.6 Å². The van der Waals surface area contributed by atoms with E-state index in [1.165, 1.54) is 31.0 Å². The minimum atomic E-state index is -4.41. The number of nitrogens with two attached hydrogens (primary N) is 1. The third kappa shape index (κ3) is 5.21. The van der Waals surface area contributed by atoms with Gasteiger partial charge in [0, 0.05) is 44.0 Å². The molecule has 10 nitrogen and oxygen atoms in total. The number of anilines is 1. The Bertz CT molecular complexity index is 1200. The van der Waals surface area contributed by atoms with Crippen LogP contribution < -0.4 is 15.8 Å². The summed E-state index contributed by atoms with van der Waals surface area (Å²) in [4.78, 5) is 25.3. The van der Waals surface area contributed by atoms with Gasteiger partial charge < -0.3 is 25.3 Å². The molecule has 0 aliphatic carbocycles. The molecule has 0 saturated carbocycles. The fourth-order valence-corrected chi connectivity index (χ4v) is 5.22. The molecule has 1 aliphatic heterocycles. The molecular weight excluding hydrogens is 472 g/mol. The highest BCUT2D eigenvalue weighted by atomic mass is 32.2. The third-order valence-corrected chi connectivity index (χ3v) is 7.06. The number of amides is 2. The number of halogens is 2. The van der Waals surface area contributed by atoms with Crippen LogP contribution in [0.3, 0.4) is 0 Å². The second-order valence-electron chi connectivity index (χ2n) is 8.01. The number of hydrogen-bond acceptors (Lipinski definition) is 6. The number of carbonyl (C=O) groups excluding carboxylic acids is 2. The molecule has 4 N–H and O–H groups in total. The van der Waals surface area contributed by atoms with Gasteiger partial charge in [-0.25, -0.2) is 26.7 Å². The highest BCUT2D eigenvalue weighted by Crippen LogP contribution is 2.24. The molecule has 2 amide bonds. The van der Waals surface area contributed by atoms with E-state index in [1.807, 2.05) is 0 Å². The van der Waals surface area contributed by atoms with Crippen LogP contribution in [0, 0.1) is 24.5 Å². The van der Waals surface area contributed by atoms with Gasteiger partial charge in [0.05, 0.1) is 6.61 Å². The van der Waals surface area contributed by atoms with Crippen molar-refractivity contribution in [3.05, 3.63) is 47.3 Å². The highest BCUT2D eigenvalue weighted by Gasteiger charge is 2.39. The first kappa shape index (κ1) is 25.6. The van der Waals surface area contributed by atoms with Gasteiger partial charge in [0.25, 0.3) is 5.91 Å². The van der Waals surface area contributed by atoms with E-state index in [0.717, 1.165) is 16.8 Å². The number of nitrogens with zero attached hydrogens (tertiary/aromatic N) is 2. The lowest BCUT2D eigenvalue weighted by Gasteiger charge is -2.17. The van der Waals surface area contributed by atoms with Crippen molar-refractivity contribution >= 4 is 27.7 Å². The number of aryl methyl sites for hydroxylation is 2. The van der Waals surface area contributed by atoms with Crippen LogP contribution >= 0.6 is 0 Å². The van der Waals surface area contributed by atoms with Crippen LogP contribution in [0.4, 0.5) is 19.3 Å². The molecule has 3 rings (SSSR count). The Labute approximate surface area is 196 Å². The number of ether oxygens (including phenoxy) is 1. The second kappa shape index (κ2) is 10.1. The summed E-state index contributed by atoms with van der Waals surface area (Å²) >= 11 is 0. The van der Waals surface area contributed by atoms with Gasteiger partial charge in [0.15, 0.2) is 5.82 Å². The number of nitrogens with one attached hydrogen (secondary N) is 2. The Kier molecular flexibility index (Phi) is 7.58. The fraction of sp³-hybridized carbons (Fsp3) is 0.429. The maximum Gasteiger partial charge on any atom is 0.409 e. The largest absolute Gasteiger partial charge is 0.450 e. The minimum Gasteiger partial charge on any atom is -0.450 e. The zero-order valence-corrected chi connectivity index (χ0v) is 19.8. The number of benzene rings is 1. The van der Waals surface area contributed by atoms with Crippen LogP contribution in [0.1, 0.15) is 23.0 Å². The van der Waals surface area contributed by atoms with Gasteiger partial charge in [0.1, 0.15) is 16.4 Å². The Balaban J connectivity index is 1.81. The standard InChI is InChI=1S/C21H27F2N5O5S/c1-4-33-21(30)28-9-13(8-24)16(10-28)26-34(31,32)17-11-27(3)19(18(17)23)20(29)25-14-5-6-15(22)12(2)7-14/h5-7,11,13,16,26H,4,8-10,24H2,1-3H3,(H,25,29). The van der Waals surface area contributed by atoms with Crippen molar-refractivity contribution in [2.45, 2.75) is 24.8 Å². The number of sulfonamides is 1. The van der Waals surface area contributed by atoms with Crippen molar-refractivity contribution in [2.24, 2.45) is 18.7 Å². The van der Waals surface area contributed by atoms with E-state index in [-0.39, 0.29) is 37.5 Å². The van der Waals surface area contributed by atoms with E-state index in [4.69, 9.17) is 10.5 Å². The zero-order chi connectivity index (χ0) is 25.2. The summed E-state index contributed by atoms with van der Waals surface area (Å²) in [7, 11) is -3.08. The SMILES string of the molecule is CCOC(=O)N1CC(CN)C(NS(=O)(=O)c2cn(C)c(C(=O)Nc3ccc(F)c(C)c3)c2F)C1. The van der Waals surface area contributed by atoms with Gasteiger partial charge in [-0.2, -0.15) is 0 Å². The number of hydrogen-bond donors (Lipinski definition) is 3. The topological polar surface area (TPSA) is 136 Å². The summed E-state index contributed by atoms with van der Waals surface area (Å²) < 4.78 is 63.0. The van der Waals surface area contributed by atoms with Gasteiger partial charge in [0.2, 0.25) is 10.0 Å². The molecule has 186 valence electrons. The predicted molar refractivity (Wildman–Crippen MR) is 120 cm³/mol. The summed E-state index contributed by atoms with van der Waals surface area (Å²) in [5.41, 5.74) is 5.73. The van der Waals surface area contributed by atoms with Crippen molar-refractivity contribution < 1.29 is 31.5 Å². The molecule has 0 radical (unpaired) electrons. The van der Waals surface area contributed by atoms with Crippen molar-refractivity contribution in [1.29, 1.82) is 0 Å². The van der Waals surface area contributed by atoms with E-state index >= 15 is 4.39 Å². The van der Waals surface area contributed by atoms with Crippen molar-refractivity contribution in [3.63, 3.8) is 0 Å². The molecule has 1 aromatic heterocycles. The molecule has 1 saturated heterocycles. The Morgan fingerprint density at radius 1 is 1.26 bits per heavy atom. The van der Waals surface area contributed by atoms with E-state index in [0.29, 0.717) is 0 Å². The number of likely N-dealkylation sites (tertiary alicyclic amines) is 1. The minimum absolute atomic E-state index is 0.00560. The summed E-state index contributed by atoms with van der Waals surface area (Å²) in [6.45, 7) is 3.60. The molecule has 34 heavy (non-hydrogen) atoms. The first-order chi connectivity index (χ1) is 16.0. The second-order valence-corrected chi connectivity index (χ2v) is 9.69. The van der Waals surface area contributed by atoms with Crippen LogP contribution in [0.15, 0.2) is 29.3 Å². The quantitative estimate of drug-likeness (QED) is 0.529. The maximum atomic E-state index is 15.2. The van der Waals surface area contributed by atoms with E-state index < -0.39 is 56.2 Å². The van der Waals surface area contributed by atoms with Crippen molar-refractivity contribution in [1.82, 2.24) is 14.2 Å². The summed E-state index contributed by atoms with van der Waals surface area (Å²) in [6, 6.07) is 3.07. The predicted octanol–water partition coefficient (Wildman–Crippen LogP) is 1.56. The lowest BCUT2D eigenvalue weighted by molar-refractivity contribution is 0.101. The molecule has 1 aliphatic rings. The van der Waals surface area contributed by atoms with Crippen LogP contribution in [0.25, 0.3) is 0 Å². The first-order valence-corrected chi connectivity index (χ1v) is 12.0. The van der Waals surface area contributed by atoms with Crippen LogP contribution in [-0.2, 0) is 21.8 Å². The van der Waals surface area contributed by atoms with Crippen molar-refractivity contribution in [3.8, 4) is 0 Å². The average molecular weight is 500 g/mol. The number of aromatic nitrogens is 1. The molecular formula is C21H27F2N5O5S. The summed E-state index contributed by atoms with van der Waals surface area (Å²) in [6.07, 6.45) is 0.390. The zero-order valence-electron chi connectivity index (χ0n) is 19.0. The van der Waals surface area contributed by atoms with Gasteiger partial charge in [-0.05, 0) is 44.2 Å². The molecule has 2 unspecified atom stereocenters. The van der Waals surface area contributed by atoms with Gasteiger partial charge in [-0.3, -0.25) is 4.79 Å². The number of rotatable bonds is 7. The fourth-order valence-electron chi connectivity index (χ4n) is 3.80. The molecule has 1 fully saturated rings. The summed E-state index contributed by atoms with van der Waals surface area (Å²) in [5, 5.41) is 2.44. The Hall–Kier alpha value is -3.03. The molecule has 0 bridgehead atoms. The Morgan fingerprint density at radius 2 is 1.97 bits per heavy atom. The normalized spacial score (nSPS) is 18.2. The highest BCUT2D eigenvalue weighted by molar-refractivity contribution is 7.89.